The Bertz CT molecular complexity index is 624. The van der Waals surface area contributed by atoms with Crippen molar-refractivity contribution in [3.63, 3.8) is 0 Å². The second kappa shape index (κ2) is 4.82. The summed E-state index contributed by atoms with van der Waals surface area (Å²) in [6.45, 7) is 4.16. The topological polar surface area (TPSA) is 40.5 Å². The van der Waals surface area contributed by atoms with Gasteiger partial charge in [0.25, 0.3) is 0 Å². The number of hydrogen-bond donors (Lipinski definition) is 1. The zero-order chi connectivity index (χ0) is 14.3. The molecule has 1 aliphatic carbocycles. The Morgan fingerprint density at radius 1 is 1.25 bits per heavy atom. The molecule has 1 aliphatic heterocycles. The standard InChI is InChI=1S/C17H19NO2/c1-11(2)14-8-5-7-13-10-12-6-3-4-9-15(12)18(16(13)14)17(19)20/h3-4,6,9-10,16H,5,7-8H2,1-2H3,(H,19,20). The summed E-state index contributed by atoms with van der Waals surface area (Å²) in [5, 5.41) is 9.70. The van der Waals surface area contributed by atoms with Gasteiger partial charge in [0.05, 0.1) is 11.7 Å². The SMILES string of the molecule is CC(C)=C1CCCC2=Cc3ccccc3N(C(=O)O)C21. The molecule has 1 unspecified atom stereocenters. The van der Waals surface area contributed by atoms with Crippen LogP contribution in [0.3, 0.4) is 0 Å². The summed E-state index contributed by atoms with van der Waals surface area (Å²) in [4.78, 5) is 13.4. The number of anilines is 1. The molecular weight excluding hydrogens is 250 g/mol. The van der Waals surface area contributed by atoms with E-state index in [4.69, 9.17) is 0 Å². The van der Waals surface area contributed by atoms with Crippen molar-refractivity contribution < 1.29 is 9.90 Å². The van der Waals surface area contributed by atoms with Gasteiger partial charge in [0.1, 0.15) is 0 Å². The molecule has 1 atom stereocenters. The van der Waals surface area contributed by atoms with Crippen molar-refractivity contribution in [3.8, 4) is 0 Å². The molecule has 1 heterocycles. The van der Waals surface area contributed by atoms with Crippen molar-refractivity contribution in [2.24, 2.45) is 0 Å². The molecule has 104 valence electrons. The van der Waals surface area contributed by atoms with Crippen LogP contribution >= 0.6 is 0 Å². The molecule has 0 spiro atoms. The van der Waals surface area contributed by atoms with Crippen LogP contribution in [0.25, 0.3) is 6.08 Å². The number of carboxylic acid groups (broad SMARTS) is 1. The van der Waals surface area contributed by atoms with Gasteiger partial charge >= 0.3 is 6.09 Å². The highest BCUT2D eigenvalue weighted by Crippen LogP contribution is 2.42. The molecule has 3 nitrogen and oxygen atoms in total. The molecular formula is C17H19NO2. The highest BCUT2D eigenvalue weighted by atomic mass is 16.4. The van der Waals surface area contributed by atoms with Gasteiger partial charge in [-0.05, 0) is 55.9 Å². The van der Waals surface area contributed by atoms with Crippen molar-refractivity contribution in [2.75, 3.05) is 4.90 Å². The maximum atomic E-state index is 11.8. The van der Waals surface area contributed by atoms with Crippen molar-refractivity contribution in [1.82, 2.24) is 0 Å². The summed E-state index contributed by atoms with van der Waals surface area (Å²) in [6, 6.07) is 7.65. The molecule has 20 heavy (non-hydrogen) atoms. The number of nitrogens with zero attached hydrogens (tertiary/aromatic N) is 1. The van der Waals surface area contributed by atoms with Crippen LogP contribution in [-0.2, 0) is 0 Å². The third-order valence-electron chi connectivity index (χ3n) is 4.24. The van der Waals surface area contributed by atoms with Gasteiger partial charge in [0, 0.05) is 0 Å². The van der Waals surface area contributed by atoms with Gasteiger partial charge in [0.2, 0.25) is 0 Å². The van der Waals surface area contributed by atoms with Crippen LogP contribution in [0, 0.1) is 0 Å². The van der Waals surface area contributed by atoms with E-state index in [2.05, 4.69) is 19.9 Å². The largest absolute Gasteiger partial charge is 0.465 e. The number of rotatable bonds is 0. The lowest BCUT2D eigenvalue weighted by atomic mass is 9.79. The Labute approximate surface area is 119 Å². The first-order valence-corrected chi connectivity index (χ1v) is 7.07. The number of benzene rings is 1. The van der Waals surface area contributed by atoms with Gasteiger partial charge in [-0.3, -0.25) is 4.90 Å². The van der Waals surface area contributed by atoms with E-state index < -0.39 is 6.09 Å². The highest BCUT2D eigenvalue weighted by molar-refractivity contribution is 5.94. The third kappa shape index (κ3) is 1.94. The molecule has 0 saturated heterocycles. The number of allylic oxidation sites excluding steroid dienone is 1. The van der Waals surface area contributed by atoms with Crippen molar-refractivity contribution >= 4 is 17.9 Å². The Balaban J connectivity index is 2.21. The van der Waals surface area contributed by atoms with E-state index in [9.17, 15) is 9.90 Å². The minimum absolute atomic E-state index is 0.0962. The van der Waals surface area contributed by atoms with Crippen LogP contribution in [-0.4, -0.2) is 17.2 Å². The maximum Gasteiger partial charge on any atom is 0.412 e. The van der Waals surface area contributed by atoms with Crippen molar-refractivity contribution in [3.05, 3.63) is 46.5 Å². The second-order valence-corrected chi connectivity index (χ2v) is 5.71. The first-order chi connectivity index (χ1) is 9.59. The molecule has 1 fully saturated rings. The summed E-state index contributed by atoms with van der Waals surface area (Å²) in [6.07, 6.45) is 4.41. The number of fused-ring (bicyclic) bond motifs is 2. The first-order valence-electron chi connectivity index (χ1n) is 7.07. The quantitative estimate of drug-likeness (QED) is 0.706. The summed E-state index contributed by atoms with van der Waals surface area (Å²) in [5.74, 6) is 0. The Morgan fingerprint density at radius 3 is 2.70 bits per heavy atom. The zero-order valence-corrected chi connectivity index (χ0v) is 11.9. The molecule has 0 aromatic heterocycles. The van der Waals surface area contributed by atoms with E-state index in [-0.39, 0.29) is 6.04 Å². The van der Waals surface area contributed by atoms with Crippen LogP contribution < -0.4 is 4.90 Å². The van der Waals surface area contributed by atoms with Crippen molar-refractivity contribution in [2.45, 2.75) is 39.2 Å². The summed E-state index contributed by atoms with van der Waals surface area (Å²) < 4.78 is 0. The normalized spacial score (nSPS) is 20.9. The maximum absolute atomic E-state index is 11.8. The smallest absolute Gasteiger partial charge is 0.412 e. The fraction of sp³-hybridized carbons (Fsp3) is 0.353. The molecule has 3 heteroatoms. The lowest BCUT2D eigenvalue weighted by Crippen LogP contribution is -2.45. The molecule has 0 radical (unpaired) electrons. The third-order valence-corrected chi connectivity index (χ3v) is 4.24. The first kappa shape index (κ1) is 13.0. The molecule has 3 rings (SSSR count). The minimum Gasteiger partial charge on any atom is -0.465 e. The Kier molecular flexibility index (Phi) is 3.13. The van der Waals surface area contributed by atoms with Crippen LogP contribution in [0.5, 0.6) is 0 Å². The Hall–Kier alpha value is -2.03. The van der Waals surface area contributed by atoms with Gasteiger partial charge < -0.3 is 5.11 Å². The summed E-state index contributed by atoms with van der Waals surface area (Å²) >= 11 is 0. The average Bonchev–Trinajstić information content (AvgIpc) is 2.43. The lowest BCUT2D eigenvalue weighted by molar-refractivity contribution is 0.200. The highest BCUT2D eigenvalue weighted by Gasteiger charge is 2.37. The van der Waals surface area contributed by atoms with E-state index >= 15 is 0 Å². The fourth-order valence-corrected chi connectivity index (χ4v) is 3.36. The number of hydrogen-bond acceptors (Lipinski definition) is 1. The predicted molar refractivity (Wildman–Crippen MR) is 80.9 cm³/mol. The number of carbonyl (C=O) groups is 1. The van der Waals surface area contributed by atoms with Gasteiger partial charge in [-0.2, -0.15) is 0 Å². The fourth-order valence-electron chi connectivity index (χ4n) is 3.36. The summed E-state index contributed by atoms with van der Waals surface area (Å²) in [5.41, 5.74) is 5.55. The van der Waals surface area contributed by atoms with Crippen molar-refractivity contribution in [1.29, 1.82) is 0 Å². The molecule has 2 aliphatic rings. The van der Waals surface area contributed by atoms with E-state index in [1.54, 1.807) is 4.90 Å². The van der Waals surface area contributed by atoms with Crippen LogP contribution in [0.1, 0.15) is 38.7 Å². The molecule has 1 N–H and O–H groups in total. The predicted octanol–water partition coefficient (Wildman–Crippen LogP) is 4.46. The molecule has 1 saturated carbocycles. The second-order valence-electron chi connectivity index (χ2n) is 5.71. The monoisotopic (exact) mass is 269 g/mol. The summed E-state index contributed by atoms with van der Waals surface area (Å²) in [7, 11) is 0. The lowest BCUT2D eigenvalue weighted by Gasteiger charge is -2.40. The van der Waals surface area contributed by atoms with E-state index in [1.165, 1.54) is 16.7 Å². The average molecular weight is 269 g/mol. The van der Waals surface area contributed by atoms with E-state index in [0.717, 1.165) is 30.5 Å². The zero-order valence-electron chi connectivity index (χ0n) is 11.9. The minimum atomic E-state index is -0.867. The molecule has 1 aromatic carbocycles. The van der Waals surface area contributed by atoms with Crippen LogP contribution in [0.2, 0.25) is 0 Å². The van der Waals surface area contributed by atoms with Crippen LogP contribution in [0.4, 0.5) is 10.5 Å². The molecule has 1 aromatic rings. The Morgan fingerprint density at radius 2 is 2.00 bits per heavy atom. The van der Waals surface area contributed by atoms with Crippen LogP contribution in [0.15, 0.2) is 41.0 Å². The van der Waals surface area contributed by atoms with E-state index in [0.29, 0.717) is 0 Å². The van der Waals surface area contributed by atoms with Gasteiger partial charge in [-0.1, -0.05) is 29.8 Å². The number of para-hydroxylation sites is 1. The van der Waals surface area contributed by atoms with E-state index in [1.807, 2.05) is 24.3 Å². The molecule has 0 bridgehead atoms. The molecule has 1 amide bonds. The van der Waals surface area contributed by atoms with Gasteiger partial charge in [0.15, 0.2) is 0 Å². The number of amides is 1. The van der Waals surface area contributed by atoms with Gasteiger partial charge in [-0.25, -0.2) is 4.79 Å². The van der Waals surface area contributed by atoms with Gasteiger partial charge in [-0.15, -0.1) is 0 Å².